The monoisotopic (exact) mass is 364 g/mol. The molecule has 0 aliphatic heterocycles. The van der Waals surface area contributed by atoms with E-state index in [2.05, 4.69) is 15.5 Å². The highest BCUT2D eigenvalue weighted by molar-refractivity contribution is 5.73. The maximum Gasteiger partial charge on any atom is 0.246 e. The van der Waals surface area contributed by atoms with Crippen molar-refractivity contribution in [3.63, 3.8) is 0 Å². The number of rotatable bonds is 7. The van der Waals surface area contributed by atoms with Crippen LogP contribution in [0, 0.1) is 6.92 Å². The molecule has 0 bridgehead atoms. The van der Waals surface area contributed by atoms with Crippen LogP contribution in [0.1, 0.15) is 30.9 Å². The summed E-state index contributed by atoms with van der Waals surface area (Å²) in [5.41, 5.74) is 4.09. The van der Waals surface area contributed by atoms with E-state index in [4.69, 9.17) is 4.52 Å². The normalized spacial score (nSPS) is 10.6. The van der Waals surface area contributed by atoms with Crippen molar-refractivity contribution in [2.75, 3.05) is 11.9 Å². The predicted molar refractivity (Wildman–Crippen MR) is 105 cm³/mol. The van der Waals surface area contributed by atoms with Crippen LogP contribution < -0.4 is 5.32 Å². The van der Waals surface area contributed by atoms with Gasteiger partial charge in [0.15, 0.2) is 0 Å². The highest BCUT2D eigenvalue weighted by Crippen LogP contribution is 2.20. The molecule has 1 aromatic heterocycles. The maximum absolute atomic E-state index is 11.7. The van der Waals surface area contributed by atoms with Crippen LogP contribution in [0.2, 0.25) is 0 Å². The fourth-order valence-corrected chi connectivity index (χ4v) is 2.88. The zero-order valence-corrected chi connectivity index (χ0v) is 15.9. The first-order chi connectivity index (χ1) is 13.1. The Hall–Kier alpha value is -3.15. The number of para-hydroxylation sites is 1. The Bertz CT molecular complexity index is 920. The summed E-state index contributed by atoms with van der Waals surface area (Å²) < 4.78 is 5.37. The Morgan fingerprint density at radius 3 is 2.74 bits per heavy atom. The predicted octanol–water partition coefficient (Wildman–Crippen LogP) is 4.03. The standard InChI is InChI=1S/C21H24N4O2/c1-4-25(16(3)26)14-18-9-5-6-11-19(18)22-13-20-23-21(24-27-20)17-10-7-8-15(2)12-17/h5-12,22H,4,13-14H2,1-3H3. The Balaban J connectivity index is 1.70. The van der Waals surface area contributed by atoms with Crippen molar-refractivity contribution in [3.05, 3.63) is 65.5 Å². The quantitative estimate of drug-likeness (QED) is 0.685. The topological polar surface area (TPSA) is 71.3 Å². The number of carbonyl (C=O) groups is 1. The van der Waals surface area contributed by atoms with E-state index in [1.165, 1.54) is 0 Å². The molecule has 3 rings (SSSR count). The third-order valence-electron chi connectivity index (χ3n) is 4.38. The second-order valence-corrected chi connectivity index (χ2v) is 6.43. The number of nitrogens with zero attached hydrogens (tertiary/aromatic N) is 3. The summed E-state index contributed by atoms with van der Waals surface area (Å²) >= 11 is 0. The number of nitrogens with one attached hydrogen (secondary N) is 1. The van der Waals surface area contributed by atoms with Crippen LogP contribution in [0.4, 0.5) is 5.69 Å². The Morgan fingerprint density at radius 1 is 1.19 bits per heavy atom. The first kappa shape index (κ1) is 18.6. The van der Waals surface area contributed by atoms with Crippen molar-refractivity contribution >= 4 is 11.6 Å². The zero-order valence-electron chi connectivity index (χ0n) is 15.9. The highest BCUT2D eigenvalue weighted by atomic mass is 16.5. The second kappa shape index (κ2) is 8.49. The van der Waals surface area contributed by atoms with Gasteiger partial charge in [0, 0.05) is 31.3 Å². The van der Waals surface area contributed by atoms with Crippen LogP contribution in [-0.4, -0.2) is 27.5 Å². The van der Waals surface area contributed by atoms with E-state index in [9.17, 15) is 4.79 Å². The van der Waals surface area contributed by atoms with Gasteiger partial charge in [-0.3, -0.25) is 4.79 Å². The molecule has 1 heterocycles. The largest absolute Gasteiger partial charge is 0.376 e. The van der Waals surface area contributed by atoms with Gasteiger partial charge in [-0.05, 0) is 31.5 Å². The highest BCUT2D eigenvalue weighted by Gasteiger charge is 2.12. The maximum atomic E-state index is 11.7. The lowest BCUT2D eigenvalue weighted by Crippen LogP contribution is -2.28. The summed E-state index contributed by atoms with van der Waals surface area (Å²) in [4.78, 5) is 18.0. The van der Waals surface area contributed by atoms with Gasteiger partial charge in [-0.1, -0.05) is 47.1 Å². The molecule has 0 aliphatic carbocycles. The van der Waals surface area contributed by atoms with E-state index < -0.39 is 0 Å². The molecule has 0 saturated carbocycles. The van der Waals surface area contributed by atoms with E-state index in [1.54, 1.807) is 11.8 Å². The molecule has 0 atom stereocenters. The van der Waals surface area contributed by atoms with Crippen molar-refractivity contribution < 1.29 is 9.32 Å². The fourth-order valence-electron chi connectivity index (χ4n) is 2.88. The molecule has 0 unspecified atom stereocenters. The smallest absolute Gasteiger partial charge is 0.246 e. The molecule has 1 N–H and O–H groups in total. The molecule has 0 fully saturated rings. The van der Waals surface area contributed by atoms with Gasteiger partial charge in [-0.25, -0.2) is 0 Å². The zero-order chi connectivity index (χ0) is 19.2. The van der Waals surface area contributed by atoms with E-state index in [0.717, 1.165) is 22.4 Å². The lowest BCUT2D eigenvalue weighted by atomic mass is 10.1. The molecular formula is C21H24N4O2. The number of benzene rings is 2. The van der Waals surface area contributed by atoms with E-state index in [-0.39, 0.29) is 5.91 Å². The summed E-state index contributed by atoms with van der Waals surface area (Å²) in [6.45, 7) is 7.25. The van der Waals surface area contributed by atoms with E-state index >= 15 is 0 Å². The first-order valence-electron chi connectivity index (χ1n) is 9.03. The summed E-state index contributed by atoms with van der Waals surface area (Å²) in [7, 11) is 0. The van der Waals surface area contributed by atoms with Crippen LogP contribution in [0.15, 0.2) is 53.1 Å². The number of hydrogen-bond acceptors (Lipinski definition) is 5. The third kappa shape index (κ3) is 4.73. The Morgan fingerprint density at radius 2 is 2.00 bits per heavy atom. The molecule has 6 heteroatoms. The van der Waals surface area contributed by atoms with Crippen LogP contribution >= 0.6 is 0 Å². The molecule has 6 nitrogen and oxygen atoms in total. The minimum Gasteiger partial charge on any atom is -0.376 e. The lowest BCUT2D eigenvalue weighted by molar-refractivity contribution is -0.129. The van der Waals surface area contributed by atoms with E-state index in [0.29, 0.717) is 31.3 Å². The number of carbonyl (C=O) groups excluding carboxylic acids is 1. The van der Waals surface area contributed by atoms with Gasteiger partial charge in [0.1, 0.15) is 0 Å². The SMILES string of the molecule is CCN(Cc1ccccc1NCc1nc(-c2cccc(C)c2)no1)C(C)=O. The number of aryl methyl sites for hydroxylation is 1. The second-order valence-electron chi connectivity index (χ2n) is 6.43. The molecule has 0 saturated heterocycles. The van der Waals surface area contributed by atoms with Gasteiger partial charge in [0.25, 0.3) is 0 Å². The van der Waals surface area contributed by atoms with Crippen molar-refractivity contribution in [3.8, 4) is 11.4 Å². The summed E-state index contributed by atoms with van der Waals surface area (Å²) in [5, 5.41) is 7.41. The van der Waals surface area contributed by atoms with Crippen molar-refractivity contribution in [1.29, 1.82) is 0 Å². The molecule has 0 aliphatic rings. The lowest BCUT2D eigenvalue weighted by Gasteiger charge is -2.21. The number of anilines is 1. The van der Waals surface area contributed by atoms with Gasteiger partial charge >= 0.3 is 0 Å². The Labute approximate surface area is 159 Å². The number of aromatic nitrogens is 2. The molecule has 3 aromatic rings. The molecule has 1 amide bonds. The van der Waals surface area contributed by atoms with Gasteiger partial charge < -0.3 is 14.7 Å². The molecule has 2 aromatic carbocycles. The molecule has 0 spiro atoms. The number of hydrogen-bond donors (Lipinski definition) is 1. The van der Waals surface area contributed by atoms with Crippen molar-refractivity contribution in [2.24, 2.45) is 0 Å². The van der Waals surface area contributed by atoms with Crippen LogP contribution in [0.5, 0.6) is 0 Å². The first-order valence-corrected chi connectivity index (χ1v) is 9.03. The minimum atomic E-state index is 0.0620. The van der Waals surface area contributed by atoms with Crippen molar-refractivity contribution in [2.45, 2.75) is 33.9 Å². The van der Waals surface area contributed by atoms with Gasteiger partial charge in [0.05, 0.1) is 6.54 Å². The van der Waals surface area contributed by atoms with Gasteiger partial charge in [-0.15, -0.1) is 0 Å². The number of amides is 1. The molecule has 27 heavy (non-hydrogen) atoms. The molecule has 140 valence electrons. The van der Waals surface area contributed by atoms with Gasteiger partial charge in [0.2, 0.25) is 17.6 Å². The van der Waals surface area contributed by atoms with Crippen LogP contribution in [-0.2, 0) is 17.9 Å². The summed E-state index contributed by atoms with van der Waals surface area (Å²) in [6, 6.07) is 15.9. The minimum absolute atomic E-state index is 0.0620. The van der Waals surface area contributed by atoms with Crippen LogP contribution in [0.3, 0.4) is 0 Å². The Kier molecular flexibility index (Phi) is 5.86. The van der Waals surface area contributed by atoms with E-state index in [1.807, 2.05) is 62.4 Å². The third-order valence-corrected chi connectivity index (χ3v) is 4.38. The van der Waals surface area contributed by atoms with Gasteiger partial charge in [-0.2, -0.15) is 4.98 Å². The molecular weight excluding hydrogens is 340 g/mol. The average Bonchev–Trinajstić information content (AvgIpc) is 3.14. The van der Waals surface area contributed by atoms with Crippen LogP contribution in [0.25, 0.3) is 11.4 Å². The average molecular weight is 364 g/mol. The summed E-state index contributed by atoms with van der Waals surface area (Å²) in [6.07, 6.45) is 0. The van der Waals surface area contributed by atoms with Crippen molar-refractivity contribution in [1.82, 2.24) is 15.0 Å². The summed E-state index contributed by atoms with van der Waals surface area (Å²) in [5.74, 6) is 1.16. The fraction of sp³-hybridized carbons (Fsp3) is 0.286. The molecule has 0 radical (unpaired) electrons.